The van der Waals surface area contributed by atoms with E-state index in [0.29, 0.717) is 0 Å². The molecule has 2 N–H and O–H groups in total. The van der Waals surface area contributed by atoms with E-state index in [2.05, 4.69) is 15.3 Å². The predicted molar refractivity (Wildman–Crippen MR) is 64.5 cm³/mol. The topological polar surface area (TPSA) is 69.1 Å². The molecule has 0 bridgehead atoms. The summed E-state index contributed by atoms with van der Waals surface area (Å²) in [6.07, 6.45) is 5.55. The van der Waals surface area contributed by atoms with Crippen molar-refractivity contribution in [2.45, 2.75) is 44.6 Å². The van der Waals surface area contributed by atoms with Crippen molar-refractivity contribution >= 4 is 5.65 Å². The first-order valence-electron chi connectivity index (χ1n) is 6.17. The number of nitrogens with two attached hydrogens (primary N) is 1. The molecule has 0 atom stereocenters. The van der Waals surface area contributed by atoms with E-state index in [4.69, 9.17) is 5.73 Å². The second kappa shape index (κ2) is 3.77. The van der Waals surface area contributed by atoms with Crippen molar-refractivity contribution in [3.05, 3.63) is 23.7 Å². The van der Waals surface area contributed by atoms with Crippen molar-refractivity contribution in [3.63, 3.8) is 0 Å². The smallest absolute Gasteiger partial charge is 0.177 e. The van der Waals surface area contributed by atoms with E-state index in [1.54, 1.807) is 4.52 Å². The van der Waals surface area contributed by atoms with Crippen LogP contribution >= 0.6 is 0 Å². The maximum Gasteiger partial charge on any atom is 0.177 e. The molecule has 0 radical (unpaired) electrons. The van der Waals surface area contributed by atoms with Crippen LogP contribution in [0.5, 0.6) is 0 Å². The van der Waals surface area contributed by atoms with Crippen LogP contribution in [0.3, 0.4) is 0 Å². The molecule has 1 fully saturated rings. The van der Waals surface area contributed by atoms with E-state index >= 15 is 0 Å². The molecule has 0 amide bonds. The fourth-order valence-electron chi connectivity index (χ4n) is 2.60. The Labute approximate surface area is 100 Å². The summed E-state index contributed by atoms with van der Waals surface area (Å²) in [6.45, 7) is 1.97. The van der Waals surface area contributed by atoms with Crippen LogP contribution in [-0.4, -0.2) is 19.8 Å². The van der Waals surface area contributed by atoms with Gasteiger partial charge < -0.3 is 5.73 Å². The van der Waals surface area contributed by atoms with Crippen LogP contribution < -0.4 is 5.73 Å². The molecule has 5 nitrogen and oxygen atoms in total. The summed E-state index contributed by atoms with van der Waals surface area (Å²) in [5.41, 5.74) is 7.86. The van der Waals surface area contributed by atoms with Gasteiger partial charge in [0, 0.05) is 0 Å². The van der Waals surface area contributed by atoms with Crippen LogP contribution in [-0.2, 0) is 5.54 Å². The van der Waals surface area contributed by atoms with Gasteiger partial charge in [-0.05, 0) is 31.9 Å². The molecule has 1 saturated carbocycles. The summed E-state index contributed by atoms with van der Waals surface area (Å²) in [6, 6.07) is 3.88. The molecule has 0 unspecified atom stereocenters. The van der Waals surface area contributed by atoms with Gasteiger partial charge in [0.05, 0.1) is 11.2 Å². The van der Waals surface area contributed by atoms with Gasteiger partial charge in [-0.1, -0.05) is 19.3 Å². The lowest BCUT2D eigenvalue weighted by atomic mass is 9.82. The third kappa shape index (κ3) is 1.70. The number of nitrogens with zero attached hydrogens (tertiary/aromatic N) is 4. The maximum atomic E-state index is 6.48. The highest BCUT2D eigenvalue weighted by molar-refractivity contribution is 5.37. The van der Waals surface area contributed by atoms with Crippen molar-refractivity contribution < 1.29 is 0 Å². The summed E-state index contributed by atoms with van der Waals surface area (Å²) in [5, 5.41) is 12.9. The number of rotatable bonds is 1. The Bertz CT molecular complexity index is 539. The molecule has 3 rings (SSSR count). The highest BCUT2D eigenvalue weighted by Crippen LogP contribution is 2.33. The minimum Gasteiger partial charge on any atom is -0.319 e. The quantitative estimate of drug-likeness (QED) is 0.808. The Hall–Kier alpha value is -1.49. The summed E-state index contributed by atoms with van der Waals surface area (Å²) >= 11 is 0. The predicted octanol–water partition coefficient (Wildman–Crippen LogP) is 1.55. The molecule has 90 valence electrons. The molecule has 0 spiro atoms. The molecular weight excluding hydrogens is 214 g/mol. The summed E-state index contributed by atoms with van der Waals surface area (Å²) in [7, 11) is 0. The first-order chi connectivity index (χ1) is 8.19. The fourth-order valence-corrected chi connectivity index (χ4v) is 2.60. The average molecular weight is 231 g/mol. The van der Waals surface area contributed by atoms with Gasteiger partial charge in [-0.25, -0.2) is 0 Å². The highest BCUT2D eigenvalue weighted by Gasteiger charge is 2.34. The van der Waals surface area contributed by atoms with Crippen LogP contribution in [0.4, 0.5) is 0 Å². The second-order valence-electron chi connectivity index (χ2n) is 4.99. The van der Waals surface area contributed by atoms with Crippen molar-refractivity contribution in [2.75, 3.05) is 0 Å². The van der Waals surface area contributed by atoms with Crippen LogP contribution in [0.15, 0.2) is 12.1 Å². The van der Waals surface area contributed by atoms with Gasteiger partial charge in [-0.2, -0.15) is 9.61 Å². The zero-order valence-corrected chi connectivity index (χ0v) is 10.1. The Balaban J connectivity index is 2.13. The number of hydrogen-bond donors (Lipinski definition) is 1. The summed E-state index contributed by atoms with van der Waals surface area (Å²) in [5.74, 6) is 0.816. The minimum absolute atomic E-state index is 0.349. The van der Waals surface area contributed by atoms with Crippen molar-refractivity contribution in [2.24, 2.45) is 5.73 Å². The second-order valence-corrected chi connectivity index (χ2v) is 4.99. The largest absolute Gasteiger partial charge is 0.319 e. The number of aromatic nitrogens is 4. The Morgan fingerprint density at radius 2 is 1.94 bits per heavy atom. The van der Waals surface area contributed by atoms with Crippen molar-refractivity contribution in [1.82, 2.24) is 19.8 Å². The summed E-state index contributed by atoms with van der Waals surface area (Å²) < 4.78 is 1.81. The van der Waals surface area contributed by atoms with Gasteiger partial charge in [0.25, 0.3) is 0 Å². The Morgan fingerprint density at radius 1 is 1.18 bits per heavy atom. The van der Waals surface area contributed by atoms with Gasteiger partial charge in [0.2, 0.25) is 0 Å². The number of hydrogen-bond acceptors (Lipinski definition) is 4. The van der Waals surface area contributed by atoms with Gasteiger partial charge in [0.15, 0.2) is 11.5 Å². The van der Waals surface area contributed by atoms with Gasteiger partial charge >= 0.3 is 0 Å². The Kier molecular flexibility index (Phi) is 2.36. The van der Waals surface area contributed by atoms with E-state index in [1.807, 2.05) is 19.1 Å². The van der Waals surface area contributed by atoms with E-state index in [9.17, 15) is 0 Å². The third-order valence-corrected chi connectivity index (χ3v) is 3.59. The Morgan fingerprint density at radius 3 is 2.71 bits per heavy atom. The standard InChI is InChI=1S/C12H17N5/c1-9-5-6-10-14-15-11(17(10)16-9)12(13)7-3-2-4-8-12/h5-6H,2-4,7-8,13H2,1H3. The first kappa shape index (κ1) is 10.7. The molecule has 1 aliphatic carbocycles. The van der Waals surface area contributed by atoms with Crippen molar-refractivity contribution in [3.8, 4) is 0 Å². The van der Waals surface area contributed by atoms with Crippen molar-refractivity contribution in [1.29, 1.82) is 0 Å². The minimum atomic E-state index is -0.349. The van der Waals surface area contributed by atoms with E-state index in [-0.39, 0.29) is 5.54 Å². The first-order valence-corrected chi connectivity index (χ1v) is 6.17. The fraction of sp³-hybridized carbons (Fsp3) is 0.583. The molecule has 1 aliphatic rings. The van der Waals surface area contributed by atoms with E-state index < -0.39 is 0 Å². The lowest BCUT2D eigenvalue weighted by Crippen LogP contribution is -2.40. The SMILES string of the molecule is Cc1ccc2nnc(C3(N)CCCCC3)n2n1. The van der Waals surface area contributed by atoms with E-state index in [1.165, 1.54) is 6.42 Å². The summed E-state index contributed by atoms with van der Waals surface area (Å²) in [4.78, 5) is 0. The molecular formula is C12H17N5. The van der Waals surface area contributed by atoms with Gasteiger partial charge in [-0.15, -0.1) is 10.2 Å². The van der Waals surface area contributed by atoms with Crippen LogP contribution in [0, 0.1) is 6.92 Å². The normalized spacial score (nSPS) is 19.6. The molecule has 2 heterocycles. The highest BCUT2D eigenvalue weighted by atomic mass is 15.4. The third-order valence-electron chi connectivity index (χ3n) is 3.59. The lowest BCUT2D eigenvalue weighted by molar-refractivity contribution is 0.282. The maximum absolute atomic E-state index is 6.48. The molecule has 0 saturated heterocycles. The lowest BCUT2D eigenvalue weighted by Gasteiger charge is -2.31. The number of fused-ring (bicyclic) bond motifs is 1. The van der Waals surface area contributed by atoms with Crippen LogP contribution in [0.25, 0.3) is 5.65 Å². The monoisotopic (exact) mass is 231 g/mol. The van der Waals surface area contributed by atoms with Crippen LogP contribution in [0.2, 0.25) is 0 Å². The molecule has 2 aromatic rings. The molecule has 17 heavy (non-hydrogen) atoms. The molecule has 2 aromatic heterocycles. The van der Waals surface area contributed by atoms with Gasteiger partial charge in [0.1, 0.15) is 0 Å². The zero-order valence-electron chi connectivity index (χ0n) is 10.1. The number of aryl methyl sites for hydroxylation is 1. The molecule has 0 aliphatic heterocycles. The van der Waals surface area contributed by atoms with Crippen LogP contribution in [0.1, 0.15) is 43.6 Å². The average Bonchev–Trinajstić information content (AvgIpc) is 2.73. The molecule has 5 heteroatoms. The van der Waals surface area contributed by atoms with E-state index in [0.717, 1.165) is 42.8 Å². The van der Waals surface area contributed by atoms with Gasteiger partial charge in [-0.3, -0.25) is 0 Å². The zero-order chi connectivity index (χ0) is 11.9. The molecule has 0 aromatic carbocycles.